The standard InChI is InChI=1S/C38H25NS/c1-2-12-27(13-3-1)31-16-6-8-18-34(31)39(30-23-21-26-11-4-5-14-29(26)25-30)35-19-10-15-28-22-24-33-32-17-7-9-20-36(32)40-38(33)37(28)35/h1-25H. The Labute approximate surface area is 237 Å². The Hall–Kier alpha value is -4.92. The lowest BCUT2D eigenvalue weighted by Gasteiger charge is -2.29. The van der Waals surface area contributed by atoms with Crippen LogP contribution in [0.25, 0.3) is 52.8 Å². The molecular formula is C38H25NS. The van der Waals surface area contributed by atoms with Gasteiger partial charge in [-0.2, -0.15) is 0 Å². The molecule has 0 bridgehead atoms. The third-order valence-electron chi connectivity index (χ3n) is 7.83. The van der Waals surface area contributed by atoms with E-state index in [0.717, 1.165) is 11.4 Å². The van der Waals surface area contributed by atoms with Crippen LogP contribution < -0.4 is 4.90 Å². The van der Waals surface area contributed by atoms with Gasteiger partial charge in [0, 0.05) is 36.8 Å². The van der Waals surface area contributed by atoms with Gasteiger partial charge in [0.05, 0.1) is 11.4 Å². The average molecular weight is 528 g/mol. The molecule has 0 saturated carbocycles. The van der Waals surface area contributed by atoms with E-state index in [1.54, 1.807) is 0 Å². The molecule has 1 heterocycles. The molecule has 7 aromatic carbocycles. The predicted molar refractivity (Wildman–Crippen MR) is 174 cm³/mol. The molecule has 0 amide bonds. The minimum Gasteiger partial charge on any atom is -0.309 e. The topological polar surface area (TPSA) is 3.24 Å². The molecule has 0 aliphatic heterocycles. The highest BCUT2D eigenvalue weighted by Gasteiger charge is 2.21. The molecule has 0 radical (unpaired) electrons. The molecule has 8 rings (SSSR count). The summed E-state index contributed by atoms with van der Waals surface area (Å²) in [5, 5.41) is 7.65. The lowest BCUT2D eigenvalue weighted by molar-refractivity contribution is 1.30. The quantitative estimate of drug-likeness (QED) is 0.220. The van der Waals surface area contributed by atoms with Gasteiger partial charge in [0.2, 0.25) is 0 Å². The zero-order valence-electron chi connectivity index (χ0n) is 21.8. The van der Waals surface area contributed by atoms with Crippen LogP contribution in [0.3, 0.4) is 0 Å². The van der Waals surface area contributed by atoms with Gasteiger partial charge >= 0.3 is 0 Å². The first kappa shape index (κ1) is 23.0. The second-order valence-corrected chi connectivity index (χ2v) is 11.2. The summed E-state index contributed by atoms with van der Waals surface area (Å²) < 4.78 is 2.65. The largest absolute Gasteiger partial charge is 0.309 e. The molecular weight excluding hydrogens is 502 g/mol. The Kier molecular flexibility index (Phi) is 5.39. The van der Waals surface area contributed by atoms with Crippen molar-refractivity contribution in [3.8, 4) is 11.1 Å². The number of fused-ring (bicyclic) bond motifs is 6. The molecule has 0 N–H and O–H groups in total. The number of rotatable bonds is 4. The molecule has 40 heavy (non-hydrogen) atoms. The van der Waals surface area contributed by atoms with Crippen molar-refractivity contribution in [1.82, 2.24) is 0 Å². The number of para-hydroxylation sites is 1. The van der Waals surface area contributed by atoms with Gasteiger partial charge in [-0.05, 0) is 52.1 Å². The van der Waals surface area contributed by atoms with E-state index >= 15 is 0 Å². The Bertz CT molecular complexity index is 2170. The van der Waals surface area contributed by atoms with Crippen molar-refractivity contribution in [2.75, 3.05) is 4.90 Å². The number of benzene rings is 7. The van der Waals surface area contributed by atoms with E-state index in [-0.39, 0.29) is 0 Å². The summed E-state index contributed by atoms with van der Waals surface area (Å²) in [4.78, 5) is 2.46. The van der Waals surface area contributed by atoms with Gasteiger partial charge < -0.3 is 4.90 Å². The summed E-state index contributed by atoms with van der Waals surface area (Å²) in [6, 6.07) is 54.9. The van der Waals surface area contributed by atoms with Gasteiger partial charge in [-0.25, -0.2) is 0 Å². The van der Waals surface area contributed by atoms with Crippen LogP contribution in [-0.2, 0) is 0 Å². The third-order valence-corrected chi connectivity index (χ3v) is 9.03. The molecule has 0 fully saturated rings. The van der Waals surface area contributed by atoms with Crippen LogP contribution in [0, 0.1) is 0 Å². The van der Waals surface area contributed by atoms with Crippen LogP contribution in [0.2, 0.25) is 0 Å². The Balaban J connectivity index is 1.48. The van der Waals surface area contributed by atoms with E-state index < -0.39 is 0 Å². The summed E-state index contributed by atoms with van der Waals surface area (Å²) in [5.41, 5.74) is 5.91. The predicted octanol–water partition coefficient (Wildman–Crippen LogP) is 11.5. The first-order valence-corrected chi connectivity index (χ1v) is 14.4. The SMILES string of the molecule is c1ccc(-c2ccccc2N(c2ccc3ccccc3c2)c2cccc3ccc4c5ccccc5sc4c23)cc1. The van der Waals surface area contributed by atoms with E-state index in [2.05, 4.69) is 157 Å². The van der Waals surface area contributed by atoms with Crippen LogP contribution in [0.1, 0.15) is 0 Å². The van der Waals surface area contributed by atoms with Crippen molar-refractivity contribution in [2.24, 2.45) is 0 Å². The monoisotopic (exact) mass is 527 g/mol. The number of hydrogen-bond acceptors (Lipinski definition) is 2. The molecule has 1 aromatic heterocycles. The zero-order chi connectivity index (χ0) is 26.5. The van der Waals surface area contributed by atoms with E-state index in [9.17, 15) is 0 Å². The maximum absolute atomic E-state index is 2.46. The first-order valence-electron chi connectivity index (χ1n) is 13.6. The molecule has 1 nitrogen and oxygen atoms in total. The van der Waals surface area contributed by atoms with Crippen molar-refractivity contribution in [3.05, 3.63) is 152 Å². The Morgan fingerprint density at radius 2 is 1.15 bits per heavy atom. The number of anilines is 3. The fraction of sp³-hybridized carbons (Fsp3) is 0. The molecule has 0 unspecified atom stereocenters. The van der Waals surface area contributed by atoms with Gasteiger partial charge in [-0.15, -0.1) is 11.3 Å². The number of nitrogens with zero attached hydrogens (tertiary/aromatic N) is 1. The molecule has 0 spiro atoms. The lowest BCUT2D eigenvalue weighted by atomic mass is 9.99. The van der Waals surface area contributed by atoms with Crippen LogP contribution in [0.15, 0.2) is 152 Å². The van der Waals surface area contributed by atoms with E-state index in [0.29, 0.717) is 0 Å². The Morgan fingerprint density at radius 3 is 2.08 bits per heavy atom. The van der Waals surface area contributed by atoms with Crippen molar-refractivity contribution < 1.29 is 0 Å². The van der Waals surface area contributed by atoms with Crippen molar-refractivity contribution >= 4 is 70.1 Å². The minimum atomic E-state index is 1.15. The van der Waals surface area contributed by atoms with E-state index in [1.807, 2.05) is 11.3 Å². The molecule has 2 heteroatoms. The van der Waals surface area contributed by atoms with E-state index in [1.165, 1.54) is 58.5 Å². The second-order valence-electron chi connectivity index (χ2n) is 10.2. The molecule has 0 aliphatic rings. The summed E-state index contributed by atoms with van der Waals surface area (Å²) >= 11 is 1.89. The van der Waals surface area contributed by atoms with Crippen LogP contribution in [0.5, 0.6) is 0 Å². The maximum atomic E-state index is 2.46. The smallest absolute Gasteiger partial charge is 0.0554 e. The number of thiophene rings is 1. The normalized spacial score (nSPS) is 11.5. The fourth-order valence-electron chi connectivity index (χ4n) is 5.97. The maximum Gasteiger partial charge on any atom is 0.0554 e. The molecule has 0 aliphatic carbocycles. The highest BCUT2D eigenvalue weighted by atomic mass is 32.1. The number of hydrogen-bond donors (Lipinski definition) is 0. The van der Waals surface area contributed by atoms with E-state index in [4.69, 9.17) is 0 Å². The van der Waals surface area contributed by atoms with Crippen LogP contribution in [0.4, 0.5) is 17.1 Å². The van der Waals surface area contributed by atoms with Gasteiger partial charge in [-0.1, -0.05) is 121 Å². The second kappa shape index (κ2) is 9.37. The summed E-state index contributed by atoms with van der Waals surface area (Å²) in [5.74, 6) is 0. The summed E-state index contributed by atoms with van der Waals surface area (Å²) in [6.07, 6.45) is 0. The van der Waals surface area contributed by atoms with Crippen LogP contribution in [-0.4, -0.2) is 0 Å². The van der Waals surface area contributed by atoms with Gasteiger partial charge in [0.1, 0.15) is 0 Å². The zero-order valence-corrected chi connectivity index (χ0v) is 22.6. The fourth-order valence-corrected chi connectivity index (χ4v) is 7.24. The van der Waals surface area contributed by atoms with Gasteiger partial charge in [-0.3, -0.25) is 0 Å². The molecule has 0 atom stereocenters. The summed E-state index contributed by atoms with van der Waals surface area (Å²) in [6.45, 7) is 0. The highest BCUT2D eigenvalue weighted by Crippen LogP contribution is 2.47. The van der Waals surface area contributed by atoms with Gasteiger partial charge in [0.15, 0.2) is 0 Å². The minimum absolute atomic E-state index is 1.15. The van der Waals surface area contributed by atoms with Crippen molar-refractivity contribution in [3.63, 3.8) is 0 Å². The summed E-state index contributed by atoms with van der Waals surface area (Å²) in [7, 11) is 0. The van der Waals surface area contributed by atoms with Crippen molar-refractivity contribution in [2.45, 2.75) is 0 Å². The van der Waals surface area contributed by atoms with Gasteiger partial charge in [0.25, 0.3) is 0 Å². The first-order chi connectivity index (χ1) is 19.8. The molecule has 0 saturated heterocycles. The lowest BCUT2D eigenvalue weighted by Crippen LogP contribution is -2.11. The Morgan fingerprint density at radius 1 is 0.450 bits per heavy atom. The molecule has 188 valence electrons. The van der Waals surface area contributed by atoms with Crippen molar-refractivity contribution in [1.29, 1.82) is 0 Å². The third kappa shape index (κ3) is 3.69. The highest BCUT2D eigenvalue weighted by molar-refractivity contribution is 7.26. The average Bonchev–Trinajstić information content (AvgIpc) is 3.41. The van der Waals surface area contributed by atoms with Crippen LogP contribution >= 0.6 is 11.3 Å². The molecule has 8 aromatic rings.